The smallest absolute Gasteiger partial charge is 0.407 e. The predicted molar refractivity (Wildman–Crippen MR) is 127 cm³/mol. The molecule has 1 aromatic heterocycles. The molecule has 1 heterocycles. The number of nitrogens with zero attached hydrogens (tertiary/aromatic N) is 2. The summed E-state index contributed by atoms with van der Waals surface area (Å²) in [6.45, 7) is 0.214. The lowest BCUT2D eigenvalue weighted by atomic mass is 9.98. The van der Waals surface area contributed by atoms with Gasteiger partial charge in [0.05, 0.1) is 12.2 Å². The molecule has 9 heteroatoms. The fourth-order valence-corrected chi connectivity index (χ4v) is 4.19. The number of benzene rings is 2. The summed E-state index contributed by atoms with van der Waals surface area (Å²) in [5.41, 5.74) is 5.07. The number of amides is 2. The first-order chi connectivity index (χ1) is 16.9. The quantitative estimate of drug-likeness (QED) is 0.433. The van der Waals surface area contributed by atoms with Crippen LogP contribution >= 0.6 is 0 Å². The molecule has 4 rings (SSSR count). The Balaban J connectivity index is 1.34. The topological polar surface area (TPSA) is 123 Å². The minimum Gasteiger partial charge on any atom is -0.480 e. The standard InChI is InChI=1S/C26H24N4O5/c1-3-8-22(25(32)33)28-24(31)23-13-16(29-30(23)2)14-27-26(34)35-15-21-19-11-6-4-9-17(19)18-10-5-7-12-20(18)21/h1,4-7,9-13,21-22H,8,14-15H2,2H3,(H,27,34)(H,28,31)(H,32,33). The van der Waals surface area contributed by atoms with Gasteiger partial charge in [-0.3, -0.25) is 9.48 Å². The van der Waals surface area contributed by atoms with Gasteiger partial charge in [0.2, 0.25) is 0 Å². The highest BCUT2D eigenvalue weighted by atomic mass is 16.5. The average Bonchev–Trinajstić information content (AvgIpc) is 3.38. The maximum absolute atomic E-state index is 12.4. The lowest BCUT2D eigenvalue weighted by Gasteiger charge is -2.14. The number of terminal acetylenes is 1. The number of alkyl carbamates (subject to hydrolysis) is 1. The van der Waals surface area contributed by atoms with Gasteiger partial charge in [-0.25, -0.2) is 9.59 Å². The van der Waals surface area contributed by atoms with Crippen molar-refractivity contribution in [2.45, 2.75) is 24.9 Å². The summed E-state index contributed by atoms with van der Waals surface area (Å²) < 4.78 is 6.81. The Morgan fingerprint density at radius 3 is 2.37 bits per heavy atom. The summed E-state index contributed by atoms with van der Waals surface area (Å²) in [5.74, 6) is 0.314. The van der Waals surface area contributed by atoms with Gasteiger partial charge in [0.25, 0.3) is 5.91 Å². The van der Waals surface area contributed by atoms with Crippen molar-refractivity contribution in [2.24, 2.45) is 7.05 Å². The molecule has 1 aliphatic carbocycles. The highest BCUT2D eigenvalue weighted by molar-refractivity contribution is 5.95. The van der Waals surface area contributed by atoms with E-state index in [1.54, 1.807) is 7.05 Å². The zero-order valence-corrected chi connectivity index (χ0v) is 19.0. The van der Waals surface area contributed by atoms with Crippen LogP contribution in [0.3, 0.4) is 0 Å². The maximum atomic E-state index is 12.4. The van der Waals surface area contributed by atoms with Crippen molar-refractivity contribution in [3.05, 3.63) is 77.1 Å². The van der Waals surface area contributed by atoms with Gasteiger partial charge >= 0.3 is 12.1 Å². The van der Waals surface area contributed by atoms with Crippen LogP contribution in [0.15, 0.2) is 54.6 Å². The maximum Gasteiger partial charge on any atom is 0.407 e. The fourth-order valence-electron chi connectivity index (χ4n) is 4.19. The number of nitrogens with one attached hydrogen (secondary N) is 2. The summed E-state index contributed by atoms with van der Waals surface area (Å²) in [6.07, 6.45) is 4.41. The van der Waals surface area contributed by atoms with Crippen LogP contribution in [0, 0.1) is 12.3 Å². The van der Waals surface area contributed by atoms with Gasteiger partial charge in [-0.2, -0.15) is 5.10 Å². The molecule has 2 amide bonds. The van der Waals surface area contributed by atoms with E-state index in [0.717, 1.165) is 22.3 Å². The van der Waals surface area contributed by atoms with Gasteiger partial charge < -0.3 is 20.5 Å². The van der Waals surface area contributed by atoms with Crippen molar-refractivity contribution < 1.29 is 24.2 Å². The number of aryl methyl sites for hydroxylation is 1. The molecule has 2 aromatic carbocycles. The molecule has 0 saturated carbocycles. The van der Waals surface area contributed by atoms with Crippen LogP contribution in [0.25, 0.3) is 11.1 Å². The predicted octanol–water partition coefficient (Wildman–Crippen LogP) is 2.67. The van der Waals surface area contributed by atoms with E-state index in [0.29, 0.717) is 5.69 Å². The molecule has 0 bridgehead atoms. The van der Waals surface area contributed by atoms with Crippen LogP contribution < -0.4 is 10.6 Å². The van der Waals surface area contributed by atoms with E-state index in [-0.39, 0.29) is 31.2 Å². The van der Waals surface area contributed by atoms with Crippen molar-refractivity contribution in [1.82, 2.24) is 20.4 Å². The summed E-state index contributed by atoms with van der Waals surface area (Å²) >= 11 is 0. The van der Waals surface area contributed by atoms with E-state index >= 15 is 0 Å². The van der Waals surface area contributed by atoms with Crippen LogP contribution in [0.1, 0.15) is 39.6 Å². The Morgan fingerprint density at radius 1 is 1.14 bits per heavy atom. The molecule has 0 fully saturated rings. The highest BCUT2D eigenvalue weighted by Crippen LogP contribution is 2.44. The molecule has 0 saturated heterocycles. The zero-order chi connectivity index (χ0) is 24.9. The lowest BCUT2D eigenvalue weighted by molar-refractivity contribution is -0.139. The van der Waals surface area contributed by atoms with E-state index in [4.69, 9.17) is 16.3 Å². The summed E-state index contributed by atoms with van der Waals surface area (Å²) in [7, 11) is 1.54. The molecule has 0 radical (unpaired) electrons. The van der Waals surface area contributed by atoms with E-state index in [1.165, 1.54) is 10.7 Å². The minimum atomic E-state index is -1.23. The van der Waals surface area contributed by atoms with Gasteiger partial charge in [0, 0.05) is 19.4 Å². The number of rotatable bonds is 8. The molecule has 3 N–H and O–H groups in total. The largest absolute Gasteiger partial charge is 0.480 e. The number of hydrogen-bond donors (Lipinski definition) is 3. The van der Waals surface area contributed by atoms with E-state index in [1.807, 2.05) is 36.4 Å². The summed E-state index contributed by atoms with van der Waals surface area (Å²) in [6, 6.07) is 16.4. The summed E-state index contributed by atoms with van der Waals surface area (Å²) in [4.78, 5) is 36.0. The molecule has 0 spiro atoms. The second-order valence-electron chi connectivity index (χ2n) is 8.10. The molecule has 178 valence electrons. The van der Waals surface area contributed by atoms with Gasteiger partial charge in [-0.05, 0) is 28.3 Å². The number of carboxylic acids is 1. The van der Waals surface area contributed by atoms with E-state index in [2.05, 4.69) is 33.8 Å². The Kier molecular flexibility index (Phi) is 6.83. The number of aromatic nitrogens is 2. The molecular formula is C26H24N4O5. The van der Waals surface area contributed by atoms with Gasteiger partial charge in [0.1, 0.15) is 18.3 Å². The third kappa shape index (κ3) is 5.01. The number of fused-ring (bicyclic) bond motifs is 3. The first-order valence-electron chi connectivity index (χ1n) is 11.0. The number of carbonyl (C=O) groups is 3. The lowest BCUT2D eigenvalue weighted by Crippen LogP contribution is -2.41. The highest BCUT2D eigenvalue weighted by Gasteiger charge is 2.29. The molecule has 1 aliphatic rings. The number of aliphatic carboxylic acids is 1. The molecule has 1 unspecified atom stereocenters. The molecular weight excluding hydrogens is 448 g/mol. The minimum absolute atomic E-state index is 0.0323. The van der Waals surface area contributed by atoms with Gasteiger partial charge in [-0.1, -0.05) is 48.5 Å². The Morgan fingerprint density at radius 2 is 1.77 bits per heavy atom. The van der Waals surface area contributed by atoms with Crippen LogP contribution in [0.2, 0.25) is 0 Å². The molecule has 1 atom stereocenters. The molecule has 0 aliphatic heterocycles. The van der Waals surface area contributed by atoms with E-state index in [9.17, 15) is 14.4 Å². The van der Waals surface area contributed by atoms with Gasteiger partial charge in [-0.15, -0.1) is 12.3 Å². The number of hydrogen-bond acceptors (Lipinski definition) is 5. The second kappa shape index (κ2) is 10.1. The second-order valence-corrected chi connectivity index (χ2v) is 8.10. The van der Waals surface area contributed by atoms with Gasteiger partial charge in [0.15, 0.2) is 0 Å². The number of ether oxygens (including phenoxy) is 1. The van der Waals surface area contributed by atoms with Crippen molar-refractivity contribution in [2.75, 3.05) is 6.61 Å². The first-order valence-corrected chi connectivity index (χ1v) is 11.0. The monoisotopic (exact) mass is 472 g/mol. The first kappa shape index (κ1) is 23.6. The van der Waals surface area contributed by atoms with Crippen molar-refractivity contribution in [3.8, 4) is 23.5 Å². The number of carbonyl (C=O) groups excluding carboxylic acids is 2. The molecule has 9 nitrogen and oxygen atoms in total. The Labute approximate surface area is 202 Å². The van der Waals surface area contributed by atoms with Crippen LogP contribution in [-0.4, -0.2) is 45.5 Å². The zero-order valence-electron chi connectivity index (χ0n) is 19.0. The van der Waals surface area contributed by atoms with Crippen LogP contribution in [0.4, 0.5) is 4.79 Å². The third-order valence-corrected chi connectivity index (χ3v) is 5.85. The third-order valence-electron chi connectivity index (χ3n) is 5.85. The van der Waals surface area contributed by atoms with E-state index < -0.39 is 24.0 Å². The normalized spacial score (nSPS) is 12.7. The molecule has 3 aromatic rings. The molecule has 35 heavy (non-hydrogen) atoms. The van der Waals surface area contributed by atoms with Crippen molar-refractivity contribution >= 4 is 18.0 Å². The van der Waals surface area contributed by atoms with Crippen LogP contribution in [0.5, 0.6) is 0 Å². The fraction of sp³-hybridized carbons (Fsp3) is 0.231. The van der Waals surface area contributed by atoms with Crippen LogP contribution in [-0.2, 0) is 23.1 Å². The Bertz CT molecular complexity index is 1280. The van der Waals surface area contributed by atoms with Crippen molar-refractivity contribution in [1.29, 1.82) is 0 Å². The van der Waals surface area contributed by atoms with Crippen molar-refractivity contribution in [3.63, 3.8) is 0 Å². The SMILES string of the molecule is C#CCC(NC(=O)c1cc(CNC(=O)OCC2c3ccccc3-c3ccccc32)nn1C)C(=O)O. The number of carboxylic acid groups (broad SMARTS) is 1. The Hall–Kier alpha value is -4.58. The average molecular weight is 473 g/mol. The summed E-state index contributed by atoms with van der Waals surface area (Å²) in [5, 5.41) is 18.4.